The van der Waals surface area contributed by atoms with Crippen LogP contribution in [0.5, 0.6) is 0 Å². The van der Waals surface area contributed by atoms with Crippen molar-refractivity contribution in [2.24, 2.45) is 0 Å². The molecule has 0 unspecified atom stereocenters. The predicted octanol–water partition coefficient (Wildman–Crippen LogP) is 1.86. The zero-order valence-corrected chi connectivity index (χ0v) is 14.4. The minimum atomic E-state index is -0.360. The van der Waals surface area contributed by atoms with Crippen LogP contribution in [-0.4, -0.2) is 35.2 Å². The van der Waals surface area contributed by atoms with Crippen molar-refractivity contribution < 1.29 is 0 Å². The van der Waals surface area contributed by atoms with Crippen LogP contribution in [0.2, 0.25) is 0 Å². The maximum atomic E-state index is 4.31. The minimum Gasteiger partial charge on any atom is -0.299 e. The van der Waals surface area contributed by atoms with E-state index in [0.29, 0.717) is 6.54 Å². The van der Waals surface area contributed by atoms with E-state index in [4.69, 9.17) is 0 Å². The summed E-state index contributed by atoms with van der Waals surface area (Å²) in [5.41, 5.74) is 1.48. The Balaban J connectivity index is 1.74. The monoisotopic (exact) mass is 326 g/mol. The molecule has 0 amide bonds. The lowest BCUT2D eigenvalue weighted by molar-refractivity contribution is 0.372. The van der Waals surface area contributed by atoms with Crippen molar-refractivity contribution in [3.63, 3.8) is 0 Å². The molecule has 2 aromatic heterocycles. The van der Waals surface area contributed by atoms with Crippen molar-refractivity contribution in [3.8, 4) is 5.69 Å². The molecule has 0 atom stereocenters. The number of nitrogens with zero attached hydrogens (tertiary/aromatic N) is 7. The fourth-order valence-corrected chi connectivity index (χ4v) is 2.38. The highest BCUT2D eigenvalue weighted by Crippen LogP contribution is 2.19. The molecule has 8 nitrogen and oxygen atoms in total. The summed E-state index contributed by atoms with van der Waals surface area (Å²) in [5, 5.41) is 23.8. The molecule has 1 aromatic carbocycles. The van der Waals surface area contributed by atoms with Gasteiger partial charge < -0.3 is 0 Å². The molecule has 24 heavy (non-hydrogen) atoms. The fraction of sp³-hybridized carbons (Fsp3) is 0.438. The van der Waals surface area contributed by atoms with E-state index in [2.05, 4.69) is 58.8 Å². The number of nitrogens with one attached hydrogen (secondary N) is 1. The van der Waals surface area contributed by atoms with E-state index in [1.54, 1.807) is 4.68 Å². The summed E-state index contributed by atoms with van der Waals surface area (Å²) in [5.74, 6) is 0.800. The molecule has 0 saturated heterocycles. The average Bonchev–Trinajstić information content (AvgIpc) is 3.23. The maximum Gasteiger partial charge on any atom is 0.165 e. The van der Waals surface area contributed by atoms with Crippen LogP contribution in [0.4, 0.5) is 0 Å². The fourth-order valence-electron chi connectivity index (χ4n) is 2.38. The quantitative estimate of drug-likeness (QED) is 0.744. The third-order valence-corrected chi connectivity index (χ3v) is 3.89. The highest BCUT2D eigenvalue weighted by Gasteiger charge is 2.25. The van der Waals surface area contributed by atoms with Crippen LogP contribution in [0.1, 0.15) is 45.3 Å². The summed E-state index contributed by atoms with van der Waals surface area (Å²) in [6, 6.07) is 10.1. The highest BCUT2D eigenvalue weighted by molar-refractivity contribution is 5.30. The lowest BCUT2D eigenvalue weighted by atomic mass is 10.0. The van der Waals surface area contributed by atoms with Crippen molar-refractivity contribution in [1.82, 2.24) is 40.5 Å². The van der Waals surface area contributed by atoms with Crippen molar-refractivity contribution >= 4 is 0 Å². The Morgan fingerprint density at radius 3 is 2.54 bits per heavy atom. The molecule has 1 N–H and O–H groups in total. The van der Waals surface area contributed by atoms with Crippen LogP contribution < -0.4 is 5.32 Å². The molecule has 0 aliphatic rings. The average molecular weight is 326 g/mol. The number of benzene rings is 1. The van der Waals surface area contributed by atoms with E-state index >= 15 is 0 Å². The van der Waals surface area contributed by atoms with Crippen LogP contribution in [0.15, 0.2) is 36.5 Å². The van der Waals surface area contributed by atoms with Gasteiger partial charge in [-0.2, -0.15) is 0 Å². The Morgan fingerprint density at radius 1 is 1.08 bits per heavy atom. The van der Waals surface area contributed by atoms with Gasteiger partial charge >= 0.3 is 0 Å². The van der Waals surface area contributed by atoms with E-state index in [9.17, 15) is 0 Å². The molecule has 0 saturated carbocycles. The molecule has 3 aromatic rings. The van der Waals surface area contributed by atoms with E-state index < -0.39 is 0 Å². The van der Waals surface area contributed by atoms with Gasteiger partial charge in [0.1, 0.15) is 5.69 Å². The van der Waals surface area contributed by atoms with E-state index in [1.807, 2.05) is 41.2 Å². The van der Waals surface area contributed by atoms with E-state index in [1.165, 1.54) is 0 Å². The molecule has 0 spiro atoms. The molecule has 0 aliphatic heterocycles. The molecule has 0 radical (unpaired) electrons. The Labute approximate surface area is 140 Å². The van der Waals surface area contributed by atoms with E-state index in [-0.39, 0.29) is 11.6 Å². The van der Waals surface area contributed by atoms with Gasteiger partial charge in [-0.3, -0.25) is 5.32 Å². The van der Waals surface area contributed by atoms with Crippen molar-refractivity contribution in [2.75, 3.05) is 0 Å². The first-order chi connectivity index (χ1) is 11.5. The largest absolute Gasteiger partial charge is 0.299 e. The van der Waals surface area contributed by atoms with Gasteiger partial charge in [-0.05, 0) is 50.3 Å². The molecule has 8 heteroatoms. The van der Waals surface area contributed by atoms with Gasteiger partial charge in [0.2, 0.25) is 0 Å². The van der Waals surface area contributed by atoms with Crippen LogP contribution >= 0.6 is 0 Å². The van der Waals surface area contributed by atoms with Crippen LogP contribution in [0.3, 0.4) is 0 Å². The van der Waals surface area contributed by atoms with Crippen LogP contribution in [0, 0.1) is 0 Å². The van der Waals surface area contributed by atoms with Gasteiger partial charge in [-0.1, -0.05) is 23.4 Å². The summed E-state index contributed by atoms with van der Waals surface area (Å²) in [7, 11) is 0. The first-order valence-electron chi connectivity index (χ1n) is 7.97. The third-order valence-electron chi connectivity index (χ3n) is 3.89. The number of hydrogen-bond donors (Lipinski definition) is 1. The van der Waals surface area contributed by atoms with Crippen molar-refractivity contribution in [1.29, 1.82) is 0 Å². The lowest BCUT2D eigenvalue weighted by Gasteiger charge is -2.23. The smallest absolute Gasteiger partial charge is 0.165 e. The molecular weight excluding hydrogens is 304 g/mol. The first-order valence-corrected chi connectivity index (χ1v) is 7.97. The van der Waals surface area contributed by atoms with Crippen molar-refractivity contribution in [3.05, 3.63) is 48.0 Å². The Kier molecular flexibility index (Phi) is 4.39. The third kappa shape index (κ3) is 3.33. The second kappa shape index (κ2) is 6.48. The maximum absolute atomic E-state index is 4.31. The predicted molar refractivity (Wildman–Crippen MR) is 89.4 cm³/mol. The van der Waals surface area contributed by atoms with E-state index in [0.717, 1.165) is 17.2 Å². The molecule has 0 fully saturated rings. The molecule has 0 bridgehead atoms. The highest BCUT2D eigenvalue weighted by atomic mass is 15.6. The second-order valence-electron chi connectivity index (χ2n) is 6.50. The molecular formula is C16H22N8. The normalized spacial score (nSPS) is 12.0. The van der Waals surface area contributed by atoms with Crippen LogP contribution in [0.25, 0.3) is 5.69 Å². The SMILES string of the molecule is CC(C)n1nnnc1CNC(C)(C)c1cn(-c2ccccc2)nn1. The lowest BCUT2D eigenvalue weighted by Crippen LogP contribution is -2.37. The molecule has 0 aliphatic carbocycles. The number of aromatic nitrogens is 7. The number of rotatable bonds is 6. The summed E-state index contributed by atoms with van der Waals surface area (Å²) in [6.07, 6.45) is 1.94. The van der Waals surface area contributed by atoms with Crippen LogP contribution in [-0.2, 0) is 12.1 Å². The van der Waals surface area contributed by atoms with Gasteiger partial charge in [0, 0.05) is 0 Å². The summed E-state index contributed by atoms with van der Waals surface area (Å²) < 4.78 is 3.58. The van der Waals surface area contributed by atoms with Gasteiger partial charge in [0.15, 0.2) is 5.82 Å². The Bertz CT molecular complexity index is 787. The standard InChI is InChI=1S/C16H22N8/c1-12(2)24-15(19-20-22-24)10-17-16(3,4)14-11-23(21-18-14)13-8-6-5-7-9-13/h5-9,11-12,17H,10H2,1-4H3. The molecule has 2 heterocycles. The topological polar surface area (TPSA) is 86.3 Å². The van der Waals surface area contributed by atoms with Gasteiger partial charge in [0.25, 0.3) is 0 Å². The zero-order chi connectivity index (χ0) is 17.2. The zero-order valence-electron chi connectivity index (χ0n) is 14.4. The summed E-state index contributed by atoms with van der Waals surface area (Å²) >= 11 is 0. The minimum absolute atomic E-state index is 0.221. The number of hydrogen-bond acceptors (Lipinski definition) is 6. The summed E-state index contributed by atoms with van der Waals surface area (Å²) in [6.45, 7) is 8.79. The van der Waals surface area contributed by atoms with Crippen molar-refractivity contribution in [2.45, 2.75) is 45.8 Å². The molecule has 3 rings (SSSR count). The second-order valence-corrected chi connectivity index (χ2v) is 6.50. The molecule has 126 valence electrons. The van der Waals surface area contributed by atoms with Gasteiger partial charge in [-0.25, -0.2) is 9.36 Å². The van der Waals surface area contributed by atoms with Gasteiger partial charge in [-0.15, -0.1) is 10.2 Å². The Hall–Kier alpha value is -2.61. The summed E-state index contributed by atoms with van der Waals surface area (Å²) in [4.78, 5) is 0. The number of para-hydroxylation sites is 1. The number of tetrazole rings is 1. The first kappa shape index (κ1) is 16.3. The van der Waals surface area contributed by atoms with Gasteiger partial charge in [0.05, 0.1) is 30.0 Å². The Morgan fingerprint density at radius 2 is 1.83 bits per heavy atom.